The molecule has 0 amide bonds. The van der Waals surface area contributed by atoms with Gasteiger partial charge in [-0.25, -0.2) is 4.98 Å². The minimum absolute atomic E-state index is 0.567. The molecule has 12 aromatic rings. The summed E-state index contributed by atoms with van der Waals surface area (Å²) in [6.45, 7) is 0. The number of aromatic nitrogens is 4. The lowest BCUT2D eigenvalue weighted by Crippen LogP contribution is -2.01. The van der Waals surface area contributed by atoms with E-state index in [0.717, 1.165) is 71.8 Å². The smallest absolute Gasteiger partial charge is 0.182 e. The zero-order chi connectivity index (χ0) is 36.7. The van der Waals surface area contributed by atoms with E-state index in [9.17, 15) is 0 Å². The molecule has 0 atom stereocenters. The van der Waals surface area contributed by atoms with E-state index >= 15 is 0 Å². The van der Waals surface area contributed by atoms with Crippen LogP contribution in [-0.2, 0) is 0 Å². The van der Waals surface area contributed by atoms with Crippen molar-refractivity contribution in [3.63, 3.8) is 0 Å². The van der Waals surface area contributed by atoms with Crippen molar-refractivity contribution in [1.29, 1.82) is 0 Å². The summed E-state index contributed by atoms with van der Waals surface area (Å²) >= 11 is 0. The molecular weight excluding hydrogens is 685 g/mol. The molecule has 3 heterocycles. The van der Waals surface area contributed by atoms with Crippen LogP contribution in [0.2, 0.25) is 0 Å². The molecule has 12 rings (SSSR count). The summed E-state index contributed by atoms with van der Waals surface area (Å²) in [5.74, 6) is 0.567. The first-order valence-corrected chi connectivity index (χ1v) is 18.9. The number of hydrogen-bond donors (Lipinski definition) is 0. The average Bonchev–Trinajstić information content (AvgIpc) is 3.83. The molecule has 3 aromatic heterocycles. The first-order chi connectivity index (χ1) is 27.8. The fraction of sp³-hybridized carbons (Fsp3) is 0. The fourth-order valence-corrected chi connectivity index (χ4v) is 8.74. The maximum absolute atomic E-state index is 7.01. The van der Waals surface area contributed by atoms with Crippen molar-refractivity contribution < 1.29 is 4.42 Å². The van der Waals surface area contributed by atoms with Crippen molar-refractivity contribution in [3.05, 3.63) is 182 Å². The summed E-state index contributed by atoms with van der Waals surface area (Å²) < 4.78 is 9.43. The van der Waals surface area contributed by atoms with Crippen LogP contribution in [-0.4, -0.2) is 19.7 Å². The van der Waals surface area contributed by atoms with Crippen molar-refractivity contribution >= 4 is 76.1 Å². The third kappa shape index (κ3) is 4.52. The molecule has 5 nitrogen and oxygen atoms in total. The van der Waals surface area contributed by atoms with Crippen molar-refractivity contribution in [1.82, 2.24) is 19.7 Å². The molecule has 56 heavy (non-hydrogen) atoms. The van der Waals surface area contributed by atoms with E-state index in [1.807, 2.05) is 48.5 Å². The first kappa shape index (κ1) is 30.8. The molecule has 0 N–H and O–H groups in total. The summed E-state index contributed by atoms with van der Waals surface area (Å²) in [4.78, 5) is 5.24. The predicted molar refractivity (Wildman–Crippen MR) is 230 cm³/mol. The Bertz CT molecular complexity index is 3440. The van der Waals surface area contributed by atoms with Gasteiger partial charge in [-0.3, -0.25) is 0 Å². The molecule has 0 aliphatic rings. The minimum atomic E-state index is 0.567. The van der Waals surface area contributed by atoms with Gasteiger partial charge in [-0.2, -0.15) is 0 Å². The Morgan fingerprint density at radius 3 is 1.61 bits per heavy atom. The Balaban J connectivity index is 1.24. The Kier molecular flexibility index (Phi) is 6.56. The minimum Gasteiger partial charge on any atom is -0.455 e. The van der Waals surface area contributed by atoms with Gasteiger partial charge in [-0.05, 0) is 57.3 Å². The Hall–Kier alpha value is -7.63. The molecule has 0 saturated heterocycles. The molecule has 0 spiro atoms. The van der Waals surface area contributed by atoms with E-state index in [1.54, 1.807) is 0 Å². The van der Waals surface area contributed by atoms with Crippen LogP contribution in [0.5, 0.6) is 0 Å². The standard InChI is InChI=1S/C51H30N4O/c1-3-16-34(17-4-1)47-48(53-54-51(52-47)35-18-5-2-6-19-35)42-30-36(29-41-40-26-23-33-15-9-12-22-39(33)49(40)56-50(41)42)55-43-27-24-31-13-7-10-20-37(31)45(43)46-38-21-11-8-14-32(38)25-28-44(46)55/h1-30H. The van der Waals surface area contributed by atoms with Gasteiger partial charge in [0, 0.05) is 49.3 Å². The lowest BCUT2D eigenvalue weighted by atomic mass is 10.00. The molecule has 0 bridgehead atoms. The summed E-state index contributed by atoms with van der Waals surface area (Å²) in [5, 5.41) is 21.4. The third-order valence-electron chi connectivity index (χ3n) is 11.3. The average molecular weight is 715 g/mol. The molecule has 0 unspecified atom stereocenters. The molecule has 0 saturated carbocycles. The van der Waals surface area contributed by atoms with Crippen molar-refractivity contribution in [2.45, 2.75) is 0 Å². The van der Waals surface area contributed by atoms with Crippen LogP contribution in [0.1, 0.15) is 0 Å². The summed E-state index contributed by atoms with van der Waals surface area (Å²) in [6, 6.07) is 64.0. The molecule has 0 radical (unpaired) electrons. The number of hydrogen-bond acceptors (Lipinski definition) is 4. The molecule has 5 heteroatoms. The lowest BCUT2D eigenvalue weighted by molar-refractivity contribution is 0.673. The Morgan fingerprint density at radius 2 is 0.946 bits per heavy atom. The van der Waals surface area contributed by atoms with Crippen LogP contribution in [0, 0.1) is 0 Å². The molecular formula is C51H30N4O. The van der Waals surface area contributed by atoms with E-state index < -0.39 is 0 Å². The SMILES string of the molecule is c1ccc(-c2nnc(-c3cc(-n4c5ccc6ccccc6c5c5c6ccccc6ccc54)cc4c3oc3c5ccccc5ccc43)c(-c3ccccc3)n2)cc1. The maximum atomic E-state index is 7.01. The van der Waals surface area contributed by atoms with Crippen molar-refractivity contribution in [2.24, 2.45) is 0 Å². The van der Waals surface area contributed by atoms with Crippen molar-refractivity contribution in [3.8, 4) is 39.6 Å². The van der Waals surface area contributed by atoms with Gasteiger partial charge >= 0.3 is 0 Å². The summed E-state index contributed by atoms with van der Waals surface area (Å²) in [5.41, 5.74) is 8.93. The van der Waals surface area contributed by atoms with Crippen LogP contribution in [0.3, 0.4) is 0 Å². The highest BCUT2D eigenvalue weighted by Crippen LogP contribution is 2.45. The van der Waals surface area contributed by atoms with E-state index in [0.29, 0.717) is 11.5 Å². The van der Waals surface area contributed by atoms with E-state index in [4.69, 9.17) is 19.6 Å². The summed E-state index contributed by atoms with van der Waals surface area (Å²) in [7, 11) is 0. The highest BCUT2D eigenvalue weighted by atomic mass is 16.3. The van der Waals surface area contributed by atoms with Gasteiger partial charge in [-0.1, -0.05) is 152 Å². The second-order valence-corrected chi connectivity index (χ2v) is 14.4. The molecule has 0 fully saturated rings. The first-order valence-electron chi connectivity index (χ1n) is 18.9. The zero-order valence-electron chi connectivity index (χ0n) is 30.0. The predicted octanol–water partition coefficient (Wildman–Crippen LogP) is 13.3. The van der Waals surface area contributed by atoms with Gasteiger partial charge in [0.15, 0.2) is 5.82 Å². The van der Waals surface area contributed by atoms with Crippen LogP contribution >= 0.6 is 0 Å². The third-order valence-corrected chi connectivity index (χ3v) is 11.3. The van der Waals surface area contributed by atoms with Gasteiger partial charge in [0.05, 0.1) is 11.0 Å². The van der Waals surface area contributed by atoms with Gasteiger partial charge in [0.2, 0.25) is 0 Å². The van der Waals surface area contributed by atoms with Crippen molar-refractivity contribution in [2.75, 3.05) is 0 Å². The second kappa shape index (κ2) is 11.9. The molecule has 0 aliphatic heterocycles. The number of benzene rings is 9. The second-order valence-electron chi connectivity index (χ2n) is 14.4. The number of fused-ring (bicyclic) bond motifs is 12. The monoisotopic (exact) mass is 714 g/mol. The van der Waals surface area contributed by atoms with Crippen LogP contribution in [0.25, 0.3) is 116 Å². The maximum Gasteiger partial charge on any atom is 0.182 e. The van der Waals surface area contributed by atoms with Gasteiger partial charge in [-0.15, -0.1) is 10.2 Å². The van der Waals surface area contributed by atoms with Crippen LogP contribution < -0.4 is 0 Å². The molecule has 260 valence electrons. The van der Waals surface area contributed by atoms with Gasteiger partial charge < -0.3 is 8.98 Å². The largest absolute Gasteiger partial charge is 0.455 e. The van der Waals surface area contributed by atoms with E-state index in [-0.39, 0.29) is 0 Å². The lowest BCUT2D eigenvalue weighted by Gasteiger charge is -2.14. The number of nitrogens with zero attached hydrogens (tertiary/aromatic N) is 4. The number of furan rings is 1. The quantitative estimate of drug-likeness (QED) is 0.182. The molecule has 9 aromatic carbocycles. The number of rotatable bonds is 4. The van der Waals surface area contributed by atoms with E-state index in [1.165, 1.54) is 32.3 Å². The Labute approximate surface area is 320 Å². The normalized spacial score (nSPS) is 11.9. The van der Waals surface area contributed by atoms with Gasteiger partial charge in [0.1, 0.15) is 22.6 Å². The zero-order valence-corrected chi connectivity index (χ0v) is 30.0. The van der Waals surface area contributed by atoms with Crippen LogP contribution in [0.15, 0.2) is 186 Å². The summed E-state index contributed by atoms with van der Waals surface area (Å²) in [6.07, 6.45) is 0. The highest BCUT2D eigenvalue weighted by Gasteiger charge is 2.24. The molecule has 0 aliphatic carbocycles. The fourth-order valence-electron chi connectivity index (χ4n) is 8.74. The van der Waals surface area contributed by atoms with E-state index in [2.05, 4.69) is 138 Å². The van der Waals surface area contributed by atoms with Gasteiger partial charge in [0.25, 0.3) is 0 Å². The Morgan fingerprint density at radius 1 is 0.393 bits per heavy atom. The topological polar surface area (TPSA) is 56.7 Å². The highest BCUT2D eigenvalue weighted by molar-refractivity contribution is 6.29. The van der Waals surface area contributed by atoms with Crippen LogP contribution in [0.4, 0.5) is 0 Å².